The van der Waals surface area contributed by atoms with E-state index in [2.05, 4.69) is 0 Å². The lowest BCUT2D eigenvalue weighted by atomic mass is 10.0. The smallest absolute Gasteiger partial charge is 0.243 e. The third-order valence-electron chi connectivity index (χ3n) is 4.87. The second-order valence-corrected chi connectivity index (χ2v) is 8.95. The first kappa shape index (κ1) is 20.4. The number of nitrogens with zero attached hydrogens (tertiary/aromatic N) is 2. The summed E-state index contributed by atoms with van der Waals surface area (Å²) in [6.07, 6.45) is 1.60. The highest BCUT2D eigenvalue weighted by Gasteiger charge is 2.25. The summed E-state index contributed by atoms with van der Waals surface area (Å²) in [6, 6.07) is 12.5. The van der Waals surface area contributed by atoms with Crippen LogP contribution in [0.1, 0.15) is 31.4 Å². The van der Waals surface area contributed by atoms with E-state index < -0.39 is 10.0 Å². The molecule has 0 fully saturated rings. The lowest BCUT2D eigenvalue weighted by molar-refractivity contribution is -0.116. The molecule has 28 heavy (non-hydrogen) atoms. The molecule has 7 heteroatoms. The van der Waals surface area contributed by atoms with Crippen LogP contribution in [0.15, 0.2) is 47.4 Å². The lowest BCUT2D eigenvalue weighted by Crippen LogP contribution is -2.34. The van der Waals surface area contributed by atoms with E-state index in [4.69, 9.17) is 4.74 Å². The van der Waals surface area contributed by atoms with Crippen molar-refractivity contribution in [1.82, 2.24) is 4.31 Å². The maximum atomic E-state index is 13.1. The lowest BCUT2D eigenvalue weighted by Gasteiger charge is -2.29. The summed E-state index contributed by atoms with van der Waals surface area (Å²) in [4.78, 5) is 13.8. The molecule has 0 bridgehead atoms. The summed E-state index contributed by atoms with van der Waals surface area (Å²) in [5.74, 6) is 0.701. The molecule has 1 heterocycles. The highest BCUT2D eigenvalue weighted by molar-refractivity contribution is 7.89. The Balaban J connectivity index is 1.84. The summed E-state index contributed by atoms with van der Waals surface area (Å²) in [5.41, 5.74) is 2.57. The quantitative estimate of drug-likeness (QED) is 0.744. The number of carbonyl (C=O) groups is 1. The molecule has 0 atom stereocenters. The highest BCUT2D eigenvalue weighted by Crippen LogP contribution is 2.30. The number of amides is 1. The van der Waals surface area contributed by atoms with Crippen molar-refractivity contribution < 1.29 is 17.9 Å². The Morgan fingerprint density at radius 3 is 2.71 bits per heavy atom. The predicted molar refractivity (Wildman–Crippen MR) is 109 cm³/mol. The topological polar surface area (TPSA) is 66.9 Å². The van der Waals surface area contributed by atoms with Crippen LogP contribution in [0.4, 0.5) is 5.69 Å². The Morgan fingerprint density at radius 2 is 2.00 bits per heavy atom. The van der Waals surface area contributed by atoms with Crippen LogP contribution in [0.3, 0.4) is 0 Å². The first-order chi connectivity index (χ1) is 13.3. The summed E-state index contributed by atoms with van der Waals surface area (Å²) < 4.78 is 33.0. The molecular formula is C21H26N2O4S. The van der Waals surface area contributed by atoms with Gasteiger partial charge in [0.2, 0.25) is 15.9 Å². The van der Waals surface area contributed by atoms with Gasteiger partial charge in [0.1, 0.15) is 5.75 Å². The van der Waals surface area contributed by atoms with Gasteiger partial charge in [0.15, 0.2) is 0 Å². The molecule has 0 aromatic heterocycles. The van der Waals surface area contributed by atoms with Gasteiger partial charge in [-0.05, 0) is 61.2 Å². The number of anilines is 1. The van der Waals surface area contributed by atoms with Crippen molar-refractivity contribution >= 4 is 21.6 Å². The average molecular weight is 403 g/mol. The van der Waals surface area contributed by atoms with Crippen LogP contribution in [0, 0.1) is 0 Å². The number of aryl methyl sites for hydroxylation is 1. The Morgan fingerprint density at radius 1 is 1.21 bits per heavy atom. The molecule has 0 N–H and O–H groups in total. The Kier molecular flexibility index (Phi) is 6.05. The molecule has 0 unspecified atom stereocenters. The van der Waals surface area contributed by atoms with Crippen molar-refractivity contribution in [3.05, 3.63) is 53.6 Å². The third-order valence-corrected chi connectivity index (χ3v) is 6.67. The van der Waals surface area contributed by atoms with Crippen LogP contribution in [0.2, 0.25) is 0 Å². The molecule has 150 valence electrons. The minimum atomic E-state index is -3.64. The molecule has 0 radical (unpaired) electrons. The Hall–Kier alpha value is -2.38. The van der Waals surface area contributed by atoms with Gasteiger partial charge >= 0.3 is 0 Å². The summed E-state index contributed by atoms with van der Waals surface area (Å²) in [5, 5.41) is 0. The third kappa shape index (κ3) is 4.20. The van der Waals surface area contributed by atoms with Gasteiger partial charge in [-0.1, -0.05) is 12.1 Å². The number of rotatable bonds is 6. The molecule has 1 aliphatic rings. The fourth-order valence-corrected chi connectivity index (χ4v) is 4.69. The van der Waals surface area contributed by atoms with Crippen LogP contribution in [-0.2, 0) is 27.8 Å². The van der Waals surface area contributed by atoms with Gasteiger partial charge in [-0.15, -0.1) is 0 Å². The molecule has 0 saturated heterocycles. The number of ether oxygens (including phenoxy) is 1. The molecule has 1 aliphatic heterocycles. The zero-order chi connectivity index (χ0) is 20.3. The van der Waals surface area contributed by atoms with Gasteiger partial charge in [-0.2, -0.15) is 4.31 Å². The van der Waals surface area contributed by atoms with E-state index in [0.29, 0.717) is 13.2 Å². The van der Waals surface area contributed by atoms with Gasteiger partial charge in [0.25, 0.3) is 0 Å². The van der Waals surface area contributed by atoms with Crippen molar-refractivity contribution in [3.63, 3.8) is 0 Å². The van der Waals surface area contributed by atoms with Crippen molar-refractivity contribution in [1.29, 1.82) is 0 Å². The zero-order valence-corrected chi connectivity index (χ0v) is 17.3. The molecule has 6 nitrogen and oxygen atoms in total. The summed E-state index contributed by atoms with van der Waals surface area (Å²) >= 11 is 0. The van der Waals surface area contributed by atoms with E-state index in [1.807, 2.05) is 31.2 Å². The molecule has 0 saturated carbocycles. The first-order valence-corrected chi connectivity index (χ1v) is 10.9. The molecule has 1 amide bonds. The standard InChI is InChI=1S/C21H26N2O4S/c1-4-27-19-9-5-7-17(13-19)15-22(3)28(25,26)20-10-11-21-18(14-20)8-6-12-23(21)16(2)24/h5,7,9-11,13-14H,4,6,8,12,15H2,1-3H3. The maximum absolute atomic E-state index is 13.1. The minimum Gasteiger partial charge on any atom is -0.494 e. The number of carbonyl (C=O) groups excluding carboxylic acids is 1. The van der Waals surface area contributed by atoms with Crippen molar-refractivity contribution in [2.45, 2.75) is 38.1 Å². The van der Waals surface area contributed by atoms with E-state index in [-0.39, 0.29) is 17.3 Å². The Labute approximate surface area is 166 Å². The predicted octanol–water partition coefficient (Wildman–Crippen LogP) is 3.21. The monoisotopic (exact) mass is 402 g/mol. The van der Waals surface area contributed by atoms with E-state index in [0.717, 1.165) is 35.4 Å². The van der Waals surface area contributed by atoms with E-state index in [1.54, 1.807) is 30.1 Å². The fraction of sp³-hybridized carbons (Fsp3) is 0.381. The average Bonchev–Trinajstić information content (AvgIpc) is 2.67. The summed E-state index contributed by atoms with van der Waals surface area (Å²) in [7, 11) is -2.07. The first-order valence-electron chi connectivity index (χ1n) is 9.42. The van der Waals surface area contributed by atoms with E-state index in [9.17, 15) is 13.2 Å². The van der Waals surface area contributed by atoms with Crippen molar-refractivity contribution in [2.24, 2.45) is 0 Å². The number of fused-ring (bicyclic) bond motifs is 1. The number of hydrogen-bond acceptors (Lipinski definition) is 4. The normalized spacial score (nSPS) is 14.1. The maximum Gasteiger partial charge on any atom is 0.243 e. The second kappa shape index (κ2) is 8.32. The summed E-state index contributed by atoms with van der Waals surface area (Å²) in [6.45, 7) is 4.92. The van der Waals surface area contributed by atoms with Crippen molar-refractivity contribution in [2.75, 3.05) is 25.1 Å². The van der Waals surface area contributed by atoms with Crippen LogP contribution >= 0.6 is 0 Å². The zero-order valence-electron chi connectivity index (χ0n) is 16.5. The largest absolute Gasteiger partial charge is 0.494 e. The molecule has 2 aromatic carbocycles. The molecule has 2 aromatic rings. The number of hydrogen-bond donors (Lipinski definition) is 0. The van der Waals surface area contributed by atoms with Crippen LogP contribution in [0.5, 0.6) is 5.75 Å². The number of sulfonamides is 1. The second-order valence-electron chi connectivity index (χ2n) is 6.91. The van der Waals surface area contributed by atoms with Crippen LogP contribution in [-0.4, -0.2) is 38.8 Å². The van der Waals surface area contributed by atoms with Gasteiger partial charge in [-0.25, -0.2) is 8.42 Å². The molecule has 3 rings (SSSR count). The molecular weight excluding hydrogens is 376 g/mol. The molecule has 0 spiro atoms. The molecule has 0 aliphatic carbocycles. The van der Waals surface area contributed by atoms with Crippen LogP contribution < -0.4 is 9.64 Å². The van der Waals surface area contributed by atoms with Gasteiger partial charge in [0, 0.05) is 32.7 Å². The van der Waals surface area contributed by atoms with E-state index in [1.165, 1.54) is 11.2 Å². The number of benzene rings is 2. The van der Waals surface area contributed by atoms with Crippen LogP contribution in [0.25, 0.3) is 0 Å². The Bertz CT molecular complexity index is 972. The van der Waals surface area contributed by atoms with Gasteiger partial charge in [-0.3, -0.25) is 4.79 Å². The minimum absolute atomic E-state index is 0.0251. The fourth-order valence-electron chi connectivity index (χ4n) is 3.48. The van der Waals surface area contributed by atoms with E-state index >= 15 is 0 Å². The van der Waals surface area contributed by atoms with Crippen molar-refractivity contribution in [3.8, 4) is 5.75 Å². The SMILES string of the molecule is CCOc1cccc(CN(C)S(=O)(=O)c2ccc3c(c2)CCCN3C(C)=O)c1. The highest BCUT2D eigenvalue weighted by atomic mass is 32.2. The van der Waals surface area contributed by atoms with Gasteiger partial charge < -0.3 is 9.64 Å². The van der Waals surface area contributed by atoms with Gasteiger partial charge in [0.05, 0.1) is 11.5 Å².